The van der Waals surface area contributed by atoms with E-state index in [0.717, 1.165) is 31.5 Å². The first-order chi connectivity index (χ1) is 10.1. The number of para-hydroxylation sites is 1. The molecule has 0 aromatic heterocycles. The van der Waals surface area contributed by atoms with E-state index in [1.807, 2.05) is 6.07 Å². The number of anilines is 1. The van der Waals surface area contributed by atoms with Crippen LogP contribution in [0.2, 0.25) is 0 Å². The van der Waals surface area contributed by atoms with Crippen molar-refractivity contribution < 1.29 is 9.50 Å². The molecule has 0 saturated carbocycles. The Labute approximate surface area is 127 Å². The molecule has 2 N–H and O–H groups in total. The third-order valence-corrected chi connectivity index (χ3v) is 4.54. The summed E-state index contributed by atoms with van der Waals surface area (Å²) in [6.07, 6.45) is 2.05. The van der Waals surface area contributed by atoms with Gasteiger partial charge in [-0.1, -0.05) is 26.0 Å². The minimum Gasteiger partial charge on any atom is -0.394 e. The fourth-order valence-electron chi connectivity index (χ4n) is 3.22. The molecule has 3 unspecified atom stereocenters. The molecule has 21 heavy (non-hydrogen) atoms. The normalized spacial score (nSPS) is 23.6. The van der Waals surface area contributed by atoms with Crippen molar-refractivity contribution in [3.05, 3.63) is 29.6 Å². The molecule has 1 aliphatic heterocycles. The Balaban J connectivity index is 2.33. The first kappa shape index (κ1) is 16.2. The number of aliphatic hydroxyl groups is 1. The molecular weight excluding hydrogens is 267 g/mol. The van der Waals surface area contributed by atoms with Gasteiger partial charge in [0.05, 0.1) is 18.3 Å². The maximum Gasteiger partial charge on any atom is 0.146 e. The molecule has 0 amide bonds. The smallest absolute Gasteiger partial charge is 0.146 e. The minimum atomic E-state index is -0.190. The molecule has 0 aliphatic carbocycles. The van der Waals surface area contributed by atoms with Gasteiger partial charge in [-0.3, -0.25) is 0 Å². The van der Waals surface area contributed by atoms with Crippen LogP contribution in [-0.4, -0.2) is 30.8 Å². The van der Waals surface area contributed by atoms with Gasteiger partial charge in [0, 0.05) is 12.6 Å². The van der Waals surface area contributed by atoms with Gasteiger partial charge in [-0.15, -0.1) is 0 Å². The van der Waals surface area contributed by atoms with E-state index in [9.17, 15) is 9.50 Å². The van der Waals surface area contributed by atoms with Crippen LogP contribution in [-0.2, 0) is 0 Å². The van der Waals surface area contributed by atoms with Crippen molar-refractivity contribution in [1.29, 1.82) is 0 Å². The lowest BCUT2D eigenvalue weighted by Gasteiger charge is -2.31. The zero-order chi connectivity index (χ0) is 15.4. The number of hydrogen-bond acceptors (Lipinski definition) is 3. The lowest BCUT2D eigenvalue weighted by atomic mass is 10.0. The van der Waals surface area contributed by atoms with Crippen molar-refractivity contribution in [3.8, 4) is 0 Å². The van der Waals surface area contributed by atoms with Gasteiger partial charge in [-0.05, 0) is 43.9 Å². The predicted molar refractivity (Wildman–Crippen MR) is 85.1 cm³/mol. The van der Waals surface area contributed by atoms with Gasteiger partial charge in [0.1, 0.15) is 5.82 Å². The molecule has 1 aliphatic rings. The van der Waals surface area contributed by atoms with Gasteiger partial charge >= 0.3 is 0 Å². The van der Waals surface area contributed by atoms with E-state index < -0.39 is 0 Å². The number of benzene rings is 1. The number of halogens is 1. The summed E-state index contributed by atoms with van der Waals surface area (Å²) < 4.78 is 14.5. The molecule has 2 rings (SSSR count). The van der Waals surface area contributed by atoms with E-state index in [2.05, 4.69) is 31.0 Å². The largest absolute Gasteiger partial charge is 0.394 e. The highest BCUT2D eigenvalue weighted by molar-refractivity contribution is 5.58. The van der Waals surface area contributed by atoms with E-state index in [-0.39, 0.29) is 24.5 Å². The van der Waals surface area contributed by atoms with E-state index >= 15 is 0 Å². The lowest BCUT2D eigenvalue weighted by Crippen LogP contribution is -2.37. The van der Waals surface area contributed by atoms with E-state index in [1.165, 1.54) is 6.07 Å². The second kappa shape index (κ2) is 7.23. The van der Waals surface area contributed by atoms with Crippen LogP contribution in [0.4, 0.5) is 10.1 Å². The first-order valence-corrected chi connectivity index (χ1v) is 7.99. The Hall–Kier alpha value is -1.13. The SMILES string of the molecule is CCCNC(C)c1cccc(F)c1N1CCC(C)C1CO. The van der Waals surface area contributed by atoms with Crippen molar-refractivity contribution >= 4 is 5.69 Å². The molecule has 1 aromatic carbocycles. The van der Waals surface area contributed by atoms with Gasteiger partial charge < -0.3 is 15.3 Å². The standard InChI is InChI=1S/C17H27FN2O/c1-4-9-19-13(3)14-6-5-7-15(18)17(14)20-10-8-12(2)16(20)11-21/h5-7,12-13,16,19,21H,4,8-11H2,1-3H3. The predicted octanol–water partition coefficient (Wildman–Crippen LogP) is 3.09. The summed E-state index contributed by atoms with van der Waals surface area (Å²) in [7, 11) is 0. The van der Waals surface area contributed by atoms with Crippen molar-refractivity contribution in [2.45, 2.75) is 45.7 Å². The van der Waals surface area contributed by atoms with Gasteiger partial charge in [0.2, 0.25) is 0 Å². The average molecular weight is 294 g/mol. The second-order valence-corrected chi connectivity index (χ2v) is 6.06. The summed E-state index contributed by atoms with van der Waals surface area (Å²) in [6, 6.07) is 5.39. The molecule has 3 nitrogen and oxygen atoms in total. The van der Waals surface area contributed by atoms with Crippen LogP contribution in [0.3, 0.4) is 0 Å². The monoisotopic (exact) mass is 294 g/mol. The summed E-state index contributed by atoms with van der Waals surface area (Å²) in [4.78, 5) is 2.06. The second-order valence-electron chi connectivity index (χ2n) is 6.06. The fraction of sp³-hybridized carbons (Fsp3) is 0.647. The van der Waals surface area contributed by atoms with Crippen LogP contribution in [0.15, 0.2) is 18.2 Å². The average Bonchev–Trinajstić information content (AvgIpc) is 2.85. The highest BCUT2D eigenvalue weighted by Gasteiger charge is 2.33. The molecule has 0 radical (unpaired) electrons. The topological polar surface area (TPSA) is 35.5 Å². The molecular formula is C17H27FN2O. The third kappa shape index (κ3) is 3.38. The molecule has 1 fully saturated rings. The van der Waals surface area contributed by atoms with E-state index in [1.54, 1.807) is 6.07 Å². The summed E-state index contributed by atoms with van der Waals surface area (Å²) in [5, 5.41) is 13.1. The zero-order valence-corrected chi connectivity index (χ0v) is 13.3. The third-order valence-electron chi connectivity index (χ3n) is 4.54. The molecule has 0 bridgehead atoms. The Morgan fingerprint density at radius 3 is 2.90 bits per heavy atom. The molecule has 0 spiro atoms. The van der Waals surface area contributed by atoms with E-state index in [4.69, 9.17) is 0 Å². The number of aliphatic hydroxyl groups excluding tert-OH is 1. The van der Waals surface area contributed by atoms with Crippen molar-refractivity contribution in [1.82, 2.24) is 5.32 Å². The van der Waals surface area contributed by atoms with Crippen LogP contribution in [0, 0.1) is 11.7 Å². The molecule has 3 atom stereocenters. The molecule has 118 valence electrons. The summed E-state index contributed by atoms with van der Waals surface area (Å²) >= 11 is 0. The number of hydrogen-bond donors (Lipinski definition) is 2. The van der Waals surface area contributed by atoms with Crippen LogP contribution in [0.25, 0.3) is 0 Å². The summed E-state index contributed by atoms with van der Waals surface area (Å²) in [6.45, 7) is 8.11. The minimum absolute atomic E-state index is 0.0130. The van der Waals surface area contributed by atoms with Crippen LogP contribution < -0.4 is 10.2 Å². The number of nitrogens with zero attached hydrogens (tertiary/aromatic N) is 1. The Kier molecular flexibility index (Phi) is 5.59. The molecule has 1 heterocycles. The van der Waals surface area contributed by atoms with Crippen LogP contribution in [0.1, 0.15) is 45.2 Å². The lowest BCUT2D eigenvalue weighted by molar-refractivity contribution is 0.244. The Bertz CT molecular complexity index is 466. The maximum absolute atomic E-state index is 14.5. The fourth-order valence-corrected chi connectivity index (χ4v) is 3.22. The Morgan fingerprint density at radius 1 is 1.48 bits per heavy atom. The number of nitrogens with one attached hydrogen (secondary N) is 1. The van der Waals surface area contributed by atoms with E-state index in [0.29, 0.717) is 11.6 Å². The number of rotatable bonds is 6. The molecule has 1 saturated heterocycles. The summed E-state index contributed by atoms with van der Waals surface area (Å²) in [5.41, 5.74) is 1.65. The highest BCUT2D eigenvalue weighted by atomic mass is 19.1. The summed E-state index contributed by atoms with van der Waals surface area (Å²) in [5.74, 6) is 0.201. The maximum atomic E-state index is 14.5. The van der Waals surface area contributed by atoms with Gasteiger partial charge in [0.15, 0.2) is 0 Å². The van der Waals surface area contributed by atoms with Gasteiger partial charge in [-0.25, -0.2) is 4.39 Å². The first-order valence-electron chi connectivity index (χ1n) is 7.99. The zero-order valence-electron chi connectivity index (χ0n) is 13.3. The van der Waals surface area contributed by atoms with Crippen molar-refractivity contribution in [2.75, 3.05) is 24.6 Å². The molecule has 1 aromatic rings. The quantitative estimate of drug-likeness (QED) is 0.846. The van der Waals surface area contributed by atoms with Gasteiger partial charge in [-0.2, -0.15) is 0 Å². The van der Waals surface area contributed by atoms with Crippen molar-refractivity contribution in [3.63, 3.8) is 0 Å². The van der Waals surface area contributed by atoms with Gasteiger partial charge in [0.25, 0.3) is 0 Å². The van der Waals surface area contributed by atoms with Crippen LogP contribution in [0.5, 0.6) is 0 Å². The Morgan fingerprint density at radius 2 is 2.24 bits per heavy atom. The van der Waals surface area contributed by atoms with Crippen LogP contribution >= 0.6 is 0 Å². The molecule has 4 heteroatoms. The van der Waals surface area contributed by atoms with Crippen molar-refractivity contribution in [2.24, 2.45) is 5.92 Å². The highest BCUT2D eigenvalue weighted by Crippen LogP contribution is 2.36.